The highest BCUT2D eigenvalue weighted by Crippen LogP contribution is 2.44. The van der Waals surface area contributed by atoms with Crippen molar-refractivity contribution in [2.24, 2.45) is 0 Å². The number of benzene rings is 2. The molecule has 140 valence electrons. The summed E-state index contributed by atoms with van der Waals surface area (Å²) >= 11 is 0. The zero-order chi connectivity index (χ0) is 19.3. The van der Waals surface area contributed by atoms with Crippen LogP contribution in [-0.4, -0.2) is 18.5 Å². The first-order valence-corrected chi connectivity index (χ1v) is 8.87. The monoisotopic (exact) mass is 367 g/mol. The summed E-state index contributed by atoms with van der Waals surface area (Å²) in [7, 11) is 0. The second kappa shape index (κ2) is 8.03. The number of halogens is 1. The van der Waals surface area contributed by atoms with Crippen LogP contribution in [0, 0.1) is 5.82 Å². The van der Waals surface area contributed by atoms with Gasteiger partial charge in [0.05, 0.1) is 5.41 Å². The van der Waals surface area contributed by atoms with E-state index < -0.39 is 5.41 Å². The van der Waals surface area contributed by atoms with E-state index in [9.17, 15) is 14.0 Å². The minimum Gasteiger partial charge on any atom is -0.334 e. The molecule has 0 spiro atoms. The molecule has 1 fully saturated rings. The fraction of sp³-hybridized carbons (Fsp3) is 0.238. The minimum absolute atomic E-state index is 0.0928. The number of carbonyl (C=O) groups is 2. The van der Waals surface area contributed by atoms with Crippen molar-refractivity contribution in [3.05, 3.63) is 72.6 Å². The molecule has 3 amide bonds. The van der Waals surface area contributed by atoms with Gasteiger partial charge in [0.15, 0.2) is 0 Å². The lowest BCUT2D eigenvalue weighted by atomic mass is 9.64. The van der Waals surface area contributed by atoms with Gasteiger partial charge in [-0.2, -0.15) is 0 Å². The second-order valence-corrected chi connectivity index (χ2v) is 6.60. The molecule has 3 rings (SSSR count). The van der Waals surface area contributed by atoms with Crippen LogP contribution in [0.2, 0.25) is 0 Å². The molecule has 3 N–H and O–H groups in total. The van der Waals surface area contributed by atoms with Crippen LogP contribution in [0.4, 0.5) is 20.6 Å². The molecule has 5 nitrogen and oxygen atoms in total. The van der Waals surface area contributed by atoms with Crippen LogP contribution in [0.5, 0.6) is 0 Å². The Morgan fingerprint density at radius 1 is 1.00 bits per heavy atom. The number of carbonyl (C=O) groups excluding carboxylic acids is 2. The molecule has 0 atom stereocenters. The Morgan fingerprint density at radius 3 is 2.11 bits per heavy atom. The van der Waals surface area contributed by atoms with Crippen LogP contribution in [0.15, 0.2) is 61.2 Å². The van der Waals surface area contributed by atoms with E-state index in [2.05, 4.69) is 22.5 Å². The Bertz CT molecular complexity index is 828. The highest BCUT2D eigenvalue weighted by atomic mass is 19.1. The van der Waals surface area contributed by atoms with Crippen molar-refractivity contribution < 1.29 is 14.0 Å². The molecule has 0 unspecified atom stereocenters. The summed E-state index contributed by atoms with van der Waals surface area (Å²) in [5, 5.41) is 8.25. The first-order valence-electron chi connectivity index (χ1n) is 8.87. The molecule has 2 aromatic carbocycles. The topological polar surface area (TPSA) is 70.2 Å². The maximum absolute atomic E-state index is 13.2. The van der Waals surface area contributed by atoms with E-state index in [1.165, 1.54) is 12.1 Å². The number of rotatable bonds is 6. The van der Waals surface area contributed by atoms with Crippen LogP contribution in [-0.2, 0) is 10.2 Å². The standard InChI is InChI=1S/C21H22FN3O2/c1-2-14-23-20(27)25-18-10-8-17(9-11-18)24-19(26)21(12-3-13-21)15-4-6-16(22)7-5-15/h2,4-11H,1,3,12-14H2,(H,24,26)(H2,23,25,27). The highest BCUT2D eigenvalue weighted by molar-refractivity contribution is 6.00. The second-order valence-electron chi connectivity index (χ2n) is 6.60. The molecule has 1 saturated carbocycles. The van der Waals surface area contributed by atoms with Gasteiger partial charge in [-0.15, -0.1) is 6.58 Å². The van der Waals surface area contributed by atoms with E-state index >= 15 is 0 Å². The van der Waals surface area contributed by atoms with Crippen LogP contribution >= 0.6 is 0 Å². The van der Waals surface area contributed by atoms with Gasteiger partial charge in [0.1, 0.15) is 5.82 Å². The third-order valence-electron chi connectivity index (χ3n) is 4.85. The Balaban J connectivity index is 1.65. The molecule has 0 aliphatic heterocycles. The van der Waals surface area contributed by atoms with Crippen molar-refractivity contribution in [3.63, 3.8) is 0 Å². The largest absolute Gasteiger partial charge is 0.334 e. The summed E-state index contributed by atoms with van der Waals surface area (Å²) in [4.78, 5) is 24.5. The van der Waals surface area contributed by atoms with E-state index in [4.69, 9.17) is 0 Å². The maximum Gasteiger partial charge on any atom is 0.319 e. The summed E-state index contributed by atoms with van der Waals surface area (Å²) in [6.45, 7) is 3.92. The number of nitrogens with one attached hydrogen (secondary N) is 3. The summed E-state index contributed by atoms with van der Waals surface area (Å²) in [6.07, 6.45) is 4.05. The number of hydrogen-bond acceptors (Lipinski definition) is 2. The van der Waals surface area contributed by atoms with Crippen LogP contribution in [0.1, 0.15) is 24.8 Å². The first-order chi connectivity index (χ1) is 13.0. The minimum atomic E-state index is -0.602. The molecule has 0 heterocycles. The lowest BCUT2D eigenvalue weighted by molar-refractivity contribution is -0.124. The van der Waals surface area contributed by atoms with Gasteiger partial charge in [-0.25, -0.2) is 9.18 Å². The fourth-order valence-corrected chi connectivity index (χ4v) is 3.17. The quantitative estimate of drug-likeness (QED) is 0.670. The van der Waals surface area contributed by atoms with E-state index in [0.29, 0.717) is 17.9 Å². The van der Waals surface area contributed by atoms with Gasteiger partial charge in [-0.05, 0) is 54.8 Å². The molecular formula is C21H22FN3O2. The van der Waals surface area contributed by atoms with Crippen molar-refractivity contribution >= 4 is 23.3 Å². The maximum atomic E-state index is 13.2. The Labute approximate surface area is 157 Å². The molecule has 0 saturated heterocycles. The lowest BCUT2D eigenvalue weighted by Gasteiger charge is -2.40. The van der Waals surface area contributed by atoms with Gasteiger partial charge < -0.3 is 16.0 Å². The Kier molecular flexibility index (Phi) is 5.54. The van der Waals surface area contributed by atoms with E-state index in [1.54, 1.807) is 42.5 Å². The predicted octanol–water partition coefficient (Wildman–Crippen LogP) is 4.19. The molecule has 0 radical (unpaired) electrons. The van der Waals surface area contributed by atoms with Crippen LogP contribution < -0.4 is 16.0 Å². The molecule has 1 aliphatic carbocycles. The molecule has 27 heavy (non-hydrogen) atoms. The highest BCUT2D eigenvalue weighted by Gasteiger charge is 2.45. The molecular weight excluding hydrogens is 345 g/mol. The average molecular weight is 367 g/mol. The normalized spacial score (nSPS) is 14.6. The van der Waals surface area contributed by atoms with Crippen LogP contribution in [0.25, 0.3) is 0 Å². The molecule has 2 aromatic rings. The van der Waals surface area contributed by atoms with E-state index in [1.807, 2.05) is 0 Å². The molecule has 0 aromatic heterocycles. The average Bonchev–Trinajstić information content (AvgIpc) is 2.62. The van der Waals surface area contributed by atoms with E-state index in [0.717, 1.165) is 24.8 Å². The zero-order valence-corrected chi connectivity index (χ0v) is 14.9. The summed E-state index contributed by atoms with van der Waals surface area (Å²) in [6, 6.07) is 12.7. The summed E-state index contributed by atoms with van der Waals surface area (Å²) < 4.78 is 13.2. The smallest absolute Gasteiger partial charge is 0.319 e. The lowest BCUT2D eigenvalue weighted by Crippen LogP contribution is -2.46. The molecule has 6 heteroatoms. The van der Waals surface area contributed by atoms with Crippen molar-refractivity contribution in [2.75, 3.05) is 17.2 Å². The fourth-order valence-electron chi connectivity index (χ4n) is 3.17. The summed E-state index contributed by atoms with van der Waals surface area (Å²) in [5.41, 5.74) is 1.50. The number of amides is 3. The van der Waals surface area contributed by atoms with E-state index in [-0.39, 0.29) is 17.8 Å². The third-order valence-corrected chi connectivity index (χ3v) is 4.85. The van der Waals surface area contributed by atoms with Crippen molar-refractivity contribution in [3.8, 4) is 0 Å². The van der Waals surface area contributed by atoms with Crippen molar-refractivity contribution in [1.82, 2.24) is 5.32 Å². The first kappa shape index (κ1) is 18.6. The van der Waals surface area contributed by atoms with Gasteiger partial charge in [-0.1, -0.05) is 24.6 Å². The number of hydrogen-bond donors (Lipinski definition) is 3. The van der Waals surface area contributed by atoms with Crippen molar-refractivity contribution in [2.45, 2.75) is 24.7 Å². The molecule has 1 aliphatic rings. The van der Waals surface area contributed by atoms with Gasteiger partial charge in [0.25, 0.3) is 0 Å². The summed E-state index contributed by atoms with van der Waals surface area (Å²) in [5.74, 6) is -0.404. The Morgan fingerprint density at radius 2 is 1.59 bits per heavy atom. The Hall–Kier alpha value is -3.15. The van der Waals surface area contributed by atoms with Gasteiger partial charge in [0, 0.05) is 17.9 Å². The van der Waals surface area contributed by atoms with Crippen molar-refractivity contribution in [1.29, 1.82) is 0 Å². The van der Waals surface area contributed by atoms with Crippen LogP contribution in [0.3, 0.4) is 0 Å². The van der Waals surface area contributed by atoms with Gasteiger partial charge in [0.2, 0.25) is 5.91 Å². The number of anilines is 2. The predicted molar refractivity (Wildman–Crippen MR) is 104 cm³/mol. The molecule has 0 bridgehead atoms. The third kappa shape index (κ3) is 4.16. The van der Waals surface area contributed by atoms with Gasteiger partial charge >= 0.3 is 6.03 Å². The zero-order valence-electron chi connectivity index (χ0n) is 14.9. The number of urea groups is 1. The van der Waals surface area contributed by atoms with Gasteiger partial charge in [-0.3, -0.25) is 4.79 Å². The SMILES string of the molecule is C=CCNC(=O)Nc1ccc(NC(=O)C2(c3ccc(F)cc3)CCC2)cc1.